The van der Waals surface area contributed by atoms with E-state index in [0.29, 0.717) is 24.3 Å². The Morgan fingerprint density at radius 2 is 2.12 bits per heavy atom. The van der Waals surface area contributed by atoms with Crippen LogP contribution in [0, 0.1) is 0 Å². The normalized spacial score (nSPS) is 11.1. The van der Waals surface area contributed by atoms with Crippen molar-refractivity contribution in [3.05, 3.63) is 29.8 Å². The highest BCUT2D eigenvalue weighted by molar-refractivity contribution is 7.90. The Morgan fingerprint density at radius 3 is 2.75 bits per heavy atom. The fraction of sp³-hybridized carbons (Fsp3) is 0.364. The van der Waals surface area contributed by atoms with Gasteiger partial charge in [0.2, 0.25) is 0 Å². The predicted molar refractivity (Wildman–Crippen MR) is 61.7 cm³/mol. The molecular formula is C11H14O4S. The van der Waals surface area contributed by atoms with Crippen LogP contribution < -0.4 is 4.74 Å². The molecule has 16 heavy (non-hydrogen) atoms. The van der Waals surface area contributed by atoms with E-state index < -0.39 is 9.84 Å². The molecule has 0 aliphatic heterocycles. The van der Waals surface area contributed by atoms with E-state index >= 15 is 0 Å². The van der Waals surface area contributed by atoms with Gasteiger partial charge in [0, 0.05) is 11.8 Å². The zero-order chi connectivity index (χ0) is 12.0. The van der Waals surface area contributed by atoms with Crippen molar-refractivity contribution in [2.75, 3.05) is 18.6 Å². The number of sulfone groups is 1. The van der Waals surface area contributed by atoms with Gasteiger partial charge in [0.15, 0.2) is 0 Å². The average Bonchev–Trinajstić information content (AvgIpc) is 2.23. The van der Waals surface area contributed by atoms with Crippen LogP contribution in [0.15, 0.2) is 24.3 Å². The van der Waals surface area contributed by atoms with E-state index in [-0.39, 0.29) is 5.75 Å². The molecule has 0 bridgehead atoms. The van der Waals surface area contributed by atoms with Crippen LogP contribution >= 0.6 is 0 Å². The Balaban J connectivity index is 2.40. The molecule has 0 atom stereocenters. The summed E-state index contributed by atoms with van der Waals surface area (Å²) in [5, 5.41) is 0. The molecule has 1 rings (SSSR count). The molecule has 0 aliphatic carbocycles. The first kappa shape index (κ1) is 12.7. The summed E-state index contributed by atoms with van der Waals surface area (Å²) in [6.07, 6.45) is 2.38. The van der Waals surface area contributed by atoms with Crippen LogP contribution in [0.25, 0.3) is 0 Å². The molecule has 0 N–H and O–H groups in total. The van der Waals surface area contributed by atoms with Crippen molar-refractivity contribution in [2.24, 2.45) is 0 Å². The number of carbonyl (C=O) groups is 1. The number of carbonyl (C=O) groups excluding carboxylic acids is 1. The van der Waals surface area contributed by atoms with E-state index in [0.717, 1.165) is 6.29 Å². The quantitative estimate of drug-likeness (QED) is 0.557. The maximum absolute atomic E-state index is 10.8. The summed E-state index contributed by atoms with van der Waals surface area (Å²) < 4.78 is 27.0. The number of hydrogen-bond acceptors (Lipinski definition) is 4. The van der Waals surface area contributed by atoms with Gasteiger partial charge in [-0.25, -0.2) is 8.42 Å². The fourth-order valence-corrected chi connectivity index (χ4v) is 1.83. The second-order valence-electron chi connectivity index (χ2n) is 3.52. The highest BCUT2D eigenvalue weighted by atomic mass is 32.2. The lowest BCUT2D eigenvalue weighted by atomic mass is 10.2. The topological polar surface area (TPSA) is 60.4 Å². The van der Waals surface area contributed by atoms with Crippen LogP contribution in [0.1, 0.15) is 16.8 Å². The van der Waals surface area contributed by atoms with Gasteiger partial charge in [0.1, 0.15) is 21.9 Å². The standard InChI is InChI=1S/C11H14O4S/c1-16(13,14)7-3-6-15-11-5-2-4-10(8-11)9-12/h2,4-5,8-9H,3,6-7H2,1H3. The Labute approximate surface area is 95.2 Å². The van der Waals surface area contributed by atoms with Gasteiger partial charge in [-0.15, -0.1) is 0 Å². The molecule has 1 aromatic carbocycles. The largest absolute Gasteiger partial charge is 0.494 e. The maximum atomic E-state index is 10.8. The van der Waals surface area contributed by atoms with Crippen molar-refractivity contribution in [3.8, 4) is 5.75 Å². The zero-order valence-corrected chi connectivity index (χ0v) is 9.87. The average molecular weight is 242 g/mol. The van der Waals surface area contributed by atoms with E-state index in [1.54, 1.807) is 24.3 Å². The second-order valence-corrected chi connectivity index (χ2v) is 5.78. The highest BCUT2D eigenvalue weighted by Crippen LogP contribution is 2.12. The smallest absolute Gasteiger partial charge is 0.150 e. The molecule has 0 heterocycles. The van der Waals surface area contributed by atoms with Crippen LogP contribution in [-0.4, -0.2) is 33.3 Å². The van der Waals surface area contributed by atoms with E-state index in [2.05, 4.69) is 0 Å². The Morgan fingerprint density at radius 1 is 1.38 bits per heavy atom. The monoisotopic (exact) mass is 242 g/mol. The van der Waals surface area contributed by atoms with Crippen molar-refractivity contribution in [1.29, 1.82) is 0 Å². The van der Waals surface area contributed by atoms with Gasteiger partial charge in [-0.2, -0.15) is 0 Å². The number of hydrogen-bond donors (Lipinski definition) is 0. The van der Waals surface area contributed by atoms with Crippen molar-refractivity contribution in [2.45, 2.75) is 6.42 Å². The van der Waals surface area contributed by atoms with Crippen molar-refractivity contribution < 1.29 is 17.9 Å². The summed E-state index contributed by atoms with van der Waals surface area (Å²) in [4.78, 5) is 10.5. The van der Waals surface area contributed by atoms with Crippen LogP contribution in [0.4, 0.5) is 0 Å². The minimum absolute atomic E-state index is 0.111. The molecule has 0 amide bonds. The molecule has 0 unspecified atom stereocenters. The minimum Gasteiger partial charge on any atom is -0.494 e. The van der Waals surface area contributed by atoms with E-state index in [4.69, 9.17) is 4.74 Å². The molecule has 0 saturated heterocycles. The SMILES string of the molecule is CS(=O)(=O)CCCOc1cccc(C=O)c1. The van der Waals surface area contributed by atoms with Crippen molar-refractivity contribution >= 4 is 16.1 Å². The van der Waals surface area contributed by atoms with E-state index in [9.17, 15) is 13.2 Å². The number of benzene rings is 1. The van der Waals surface area contributed by atoms with Gasteiger partial charge < -0.3 is 4.74 Å². The van der Waals surface area contributed by atoms with Gasteiger partial charge in [0.05, 0.1) is 12.4 Å². The number of aldehydes is 1. The molecule has 0 aliphatic rings. The first-order chi connectivity index (χ1) is 7.51. The summed E-state index contributed by atoms with van der Waals surface area (Å²) >= 11 is 0. The minimum atomic E-state index is -2.93. The van der Waals surface area contributed by atoms with Crippen LogP contribution in [0.3, 0.4) is 0 Å². The molecule has 4 nitrogen and oxygen atoms in total. The lowest BCUT2D eigenvalue weighted by Crippen LogP contribution is -2.08. The van der Waals surface area contributed by atoms with Crippen LogP contribution in [0.2, 0.25) is 0 Å². The Hall–Kier alpha value is -1.36. The Kier molecular flexibility index (Phi) is 4.49. The predicted octanol–water partition coefficient (Wildman–Crippen LogP) is 1.31. The third kappa shape index (κ3) is 4.93. The highest BCUT2D eigenvalue weighted by Gasteiger charge is 2.02. The first-order valence-corrected chi connectivity index (χ1v) is 6.93. The Bertz CT molecular complexity index is 451. The van der Waals surface area contributed by atoms with Crippen molar-refractivity contribution in [1.82, 2.24) is 0 Å². The molecule has 88 valence electrons. The first-order valence-electron chi connectivity index (χ1n) is 4.87. The third-order valence-electron chi connectivity index (χ3n) is 1.92. The molecular weight excluding hydrogens is 228 g/mol. The van der Waals surface area contributed by atoms with Gasteiger partial charge >= 0.3 is 0 Å². The molecule has 0 radical (unpaired) electrons. The van der Waals surface area contributed by atoms with Crippen molar-refractivity contribution in [3.63, 3.8) is 0 Å². The third-order valence-corrected chi connectivity index (χ3v) is 2.95. The molecule has 0 aromatic heterocycles. The number of rotatable bonds is 6. The van der Waals surface area contributed by atoms with Crippen LogP contribution in [-0.2, 0) is 9.84 Å². The lowest BCUT2D eigenvalue weighted by Gasteiger charge is -2.05. The summed E-state index contributed by atoms with van der Waals surface area (Å²) in [6, 6.07) is 6.74. The van der Waals surface area contributed by atoms with Gasteiger partial charge in [-0.1, -0.05) is 12.1 Å². The van der Waals surface area contributed by atoms with E-state index in [1.807, 2.05) is 0 Å². The summed E-state index contributed by atoms with van der Waals surface area (Å²) in [7, 11) is -2.93. The lowest BCUT2D eigenvalue weighted by molar-refractivity contribution is 0.112. The fourth-order valence-electron chi connectivity index (χ4n) is 1.19. The summed E-state index contributed by atoms with van der Waals surface area (Å²) in [5.74, 6) is 0.693. The van der Waals surface area contributed by atoms with Gasteiger partial charge in [0.25, 0.3) is 0 Å². The molecule has 0 saturated carbocycles. The summed E-state index contributed by atoms with van der Waals surface area (Å²) in [5.41, 5.74) is 0.542. The second kappa shape index (κ2) is 5.65. The molecule has 1 aromatic rings. The molecule has 0 spiro atoms. The zero-order valence-electron chi connectivity index (χ0n) is 9.05. The summed E-state index contributed by atoms with van der Waals surface area (Å²) in [6.45, 7) is 0.329. The van der Waals surface area contributed by atoms with E-state index in [1.165, 1.54) is 6.26 Å². The van der Waals surface area contributed by atoms with Gasteiger partial charge in [-0.3, -0.25) is 4.79 Å². The molecule has 0 fully saturated rings. The maximum Gasteiger partial charge on any atom is 0.150 e. The van der Waals surface area contributed by atoms with Gasteiger partial charge in [-0.05, 0) is 18.6 Å². The number of ether oxygens (including phenoxy) is 1. The van der Waals surface area contributed by atoms with Crippen LogP contribution in [0.5, 0.6) is 5.75 Å². The molecule has 5 heteroatoms.